The molecule has 6 heteroatoms. The Hall–Kier alpha value is -3.51. The number of para-hydroxylation sites is 1. The second-order valence-corrected chi connectivity index (χ2v) is 5.15. The predicted molar refractivity (Wildman–Crippen MR) is 85.9 cm³/mol. The Bertz CT molecular complexity index is 821. The number of rotatable bonds is 6. The van der Waals surface area contributed by atoms with E-state index in [1.807, 2.05) is 12.1 Å². The summed E-state index contributed by atoms with van der Waals surface area (Å²) >= 11 is 0. The molecule has 1 unspecified atom stereocenters. The maximum Gasteiger partial charge on any atom is 0.272 e. The Morgan fingerprint density at radius 2 is 1.62 bits per heavy atom. The summed E-state index contributed by atoms with van der Waals surface area (Å²) < 4.78 is 0. The zero-order valence-corrected chi connectivity index (χ0v) is 12.6. The summed E-state index contributed by atoms with van der Waals surface area (Å²) in [6, 6.07) is 18.0. The van der Waals surface area contributed by atoms with Gasteiger partial charge in [0.05, 0.1) is 17.1 Å². The maximum atomic E-state index is 12.5. The Kier molecular flexibility index (Phi) is 5.38. The quantitative estimate of drug-likeness (QED) is 0.459. The van der Waals surface area contributed by atoms with Crippen LogP contribution < -0.4 is 0 Å². The van der Waals surface area contributed by atoms with Gasteiger partial charge in [-0.3, -0.25) is 14.9 Å². The standard InChI is InChI=1S/C18H13N3O3/c19-11-14(12-20)16(10-18(22)13-6-2-1-3-7-13)15-8-4-5-9-17(15)21(23)24/h1-9,14,16H,10H2. The van der Waals surface area contributed by atoms with Crippen LogP contribution in [0, 0.1) is 38.7 Å². The van der Waals surface area contributed by atoms with Gasteiger partial charge in [0.2, 0.25) is 0 Å². The first-order valence-corrected chi connectivity index (χ1v) is 7.19. The van der Waals surface area contributed by atoms with E-state index in [4.69, 9.17) is 0 Å². The first kappa shape index (κ1) is 16.9. The first-order valence-electron chi connectivity index (χ1n) is 7.19. The third kappa shape index (κ3) is 3.63. The smallest absolute Gasteiger partial charge is 0.272 e. The lowest BCUT2D eigenvalue weighted by atomic mass is 9.82. The van der Waals surface area contributed by atoms with Crippen LogP contribution in [0.4, 0.5) is 5.69 Å². The summed E-state index contributed by atoms with van der Waals surface area (Å²) in [7, 11) is 0. The molecule has 0 N–H and O–H groups in total. The SMILES string of the molecule is N#CC(C#N)C(CC(=O)c1ccccc1)c1ccccc1[N+](=O)[O-]. The molecule has 0 aliphatic carbocycles. The average Bonchev–Trinajstić information content (AvgIpc) is 2.62. The van der Waals surface area contributed by atoms with E-state index < -0.39 is 16.8 Å². The highest BCUT2D eigenvalue weighted by atomic mass is 16.6. The molecule has 2 rings (SSSR count). The Balaban J connectivity index is 2.44. The first-order chi connectivity index (χ1) is 11.6. The Morgan fingerprint density at radius 1 is 1.04 bits per heavy atom. The summed E-state index contributed by atoms with van der Waals surface area (Å²) in [6.45, 7) is 0. The van der Waals surface area contributed by atoms with Crippen molar-refractivity contribution < 1.29 is 9.72 Å². The van der Waals surface area contributed by atoms with Gasteiger partial charge in [-0.2, -0.15) is 10.5 Å². The molecule has 2 aromatic rings. The van der Waals surface area contributed by atoms with Gasteiger partial charge in [0.1, 0.15) is 5.92 Å². The molecular formula is C18H13N3O3. The van der Waals surface area contributed by atoms with Crippen molar-refractivity contribution in [2.45, 2.75) is 12.3 Å². The van der Waals surface area contributed by atoms with E-state index in [1.165, 1.54) is 18.2 Å². The van der Waals surface area contributed by atoms with Crippen molar-refractivity contribution >= 4 is 11.5 Å². The van der Waals surface area contributed by atoms with Crippen LogP contribution in [-0.4, -0.2) is 10.7 Å². The second kappa shape index (κ2) is 7.66. The monoisotopic (exact) mass is 319 g/mol. The van der Waals surface area contributed by atoms with E-state index in [-0.39, 0.29) is 23.5 Å². The molecule has 0 aliphatic heterocycles. The number of nitro benzene ring substituents is 1. The van der Waals surface area contributed by atoms with Gasteiger partial charge >= 0.3 is 0 Å². The Labute approximate surface area is 138 Å². The summed E-state index contributed by atoms with van der Waals surface area (Å²) in [6.07, 6.45) is -0.152. The molecular weight excluding hydrogens is 306 g/mol. The molecule has 0 aliphatic rings. The fourth-order valence-corrected chi connectivity index (χ4v) is 2.53. The van der Waals surface area contributed by atoms with E-state index in [9.17, 15) is 25.4 Å². The highest BCUT2D eigenvalue weighted by molar-refractivity contribution is 5.96. The molecule has 0 spiro atoms. The van der Waals surface area contributed by atoms with Crippen LogP contribution in [-0.2, 0) is 0 Å². The number of hydrogen-bond acceptors (Lipinski definition) is 5. The highest BCUT2D eigenvalue weighted by Crippen LogP contribution is 2.35. The van der Waals surface area contributed by atoms with E-state index in [0.717, 1.165) is 0 Å². The molecule has 2 aromatic carbocycles. The minimum atomic E-state index is -1.15. The second-order valence-electron chi connectivity index (χ2n) is 5.15. The van der Waals surface area contributed by atoms with E-state index in [2.05, 4.69) is 0 Å². The van der Waals surface area contributed by atoms with E-state index in [1.54, 1.807) is 36.4 Å². The van der Waals surface area contributed by atoms with Crippen molar-refractivity contribution in [3.63, 3.8) is 0 Å². The van der Waals surface area contributed by atoms with Crippen LogP contribution in [0.5, 0.6) is 0 Å². The number of carbonyl (C=O) groups excluding carboxylic acids is 1. The molecule has 6 nitrogen and oxygen atoms in total. The lowest BCUT2D eigenvalue weighted by Crippen LogP contribution is -2.16. The van der Waals surface area contributed by atoms with Gasteiger partial charge in [-0.15, -0.1) is 0 Å². The van der Waals surface area contributed by atoms with Crippen molar-refractivity contribution in [3.8, 4) is 12.1 Å². The largest absolute Gasteiger partial charge is 0.294 e. The number of hydrogen-bond donors (Lipinski definition) is 0. The van der Waals surface area contributed by atoms with Crippen LogP contribution in [0.15, 0.2) is 54.6 Å². The van der Waals surface area contributed by atoms with Crippen molar-refractivity contribution in [2.75, 3.05) is 0 Å². The fourth-order valence-electron chi connectivity index (χ4n) is 2.53. The molecule has 1 atom stereocenters. The molecule has 0 radical (unpaired) electrons. The van der Waals surface area contributed by atoms with Crippen LogP contribution in [0.25, 0.3) is 0 Å². The molecule has 0 aromatic heterocycles. The third-order valence-electron chi connectivity index (χ3n) is 3.71. The van der Waals surface area contributed by atoms with Crippen LogP contribution >= 0.6 is 0 Å². The molecule has 0 saturated heterocycles. The van der Waals surface area contributed by atoms with Gasteiger partial charge < -0.3 is 0 Å². The van der Waals surface area contributed by atoms with Crippen molar-refractivity contribution in [2.24, 2.45) is 5.92 Å². The molecule has 0 amide bonds. The number of nitrogens with zero attached hydrogens (tertiary/aromatic N) is 3. The molecule has 0 heterocycles. The minimum Gasteiger partial charge on any atom is -0.294 e. The Morgan fingerprint density at radius 3 is 2.21 bits per heavy atom. The van der Waals surface area contributed by atoms with Gasteiger partial charge in [0.15, 0.2) is 5.78 Å². The number of nitriles is 2. The molecule has 0 fully saturated rings. The van der Waals surface area contributed by atoms with Gasteiger partial charge in [0.25, 0.3) is 5.69 Å². The maximum absolute atomic E-state index is 12.5. The zero-order valence-electron chi connectivity index (χ0n) is 12.6. The molecule has 0 bridgehead atoms. The van der Waals surface area contributed by atoms with Crippen LogP contribution in [0.3, 0.4) is 0 Å². The number of Topliss-reactive ketones (excluding diaryl/α,β-unsaturated/α-hetero) is 1. The van der Waals surface area contributed by atoms with Crippen molar-refractivity contribution in [1.82, 2.24) is 0 Å². The summed E-state index contributed by atoms with van der Waals surface area (Å²) in [5.41, 5.74) is 0.467. The summed E-state index contributed by atoms with van der Waals surface area (Å²) in [4.78, 5) is 23.1. The summed E-state index contributed by atoms with van der Waals surface area (Å²) in [5, 5.41) is 29.7. The van der Waals surface area contributed by atoms with Crippen molar-refractivity contribution in [1.29, 1.82) is 10.5 Å². The minimum absolute atomic E-state index is 0.152. The number of nitro groups is 1. The van der Waals surface area contributed by atoms with Gasteiger partial charge in [-0.05, 0) is 0 Å². The lowest BCUT2D eigenvalue weighted by molar-refractivity contribution is -0.385. The number of benzene rings is 2. The zero-order chi connectivity index (χ0) is 17.5. The average molecular weight is 319 g/mol. The van der Waals surface area contributed by atoms with Crippen LogP contribution in [0.1, 0.15) is 28.3 Å². The number of carbonyl (C=O) groups is 1. The van der Waals surface area contributed by atoms with Crippen molar-refractivity contribution in [3.05, 3.63) is 75.8 Å². The fraction of sp³-hybridized carbons (Fsp3) is 0.167. The normalized spacial score (nSPS) is 11.3. The van der Waals surface area contributed by atoms with Gasteiger partial charge in [-0.25, -0.2) is 0 Å². The van der Waals surface area contributed by atoms with Crippen LogP contribution in [0.2, 0.25) is 0 Å². The van der Waals surface area contributed by atoms with Gasteiger partial charge in [0, 0.05) is 29.5 Å². The van der Waals surface area contributed by atoms with Gasteiger partial charge in [-0.1, -0.05) is 48.5 Å². The highest BCUT2D eigenvalue weighted by Gasteiger charge is 2.31. The molecule has 118 valence electrons. The topological polar surface area (TPSA) is 108 Å². The van der Waals surface area contributed by atoms with E-state index >= 15 is 0 Å². The predicted octanol–water partition coefficient (Wildman–Crippen LogP) is 3.61. The van der Waals surface area contributed by atoms with E-state index in [0.29, 0.717) is 5.56 Å². The molecule has 0 saturated carbocycles. The third-order valence-corrected chi connectivity index (χ3v) is 3.71. The number of ketones is 1. The lowest BCUT2D eigenvalue weighted by Gasteiger charge is -2.17. The summed E-state index contributed by atoms with van der Waals surface area (Å²) in [5.74, 6) is -2.29. The molecule has 24 heavy (non-hydrogen) atoms.